The molecule has 0 spiro atoms. The van der Waals surface area contributed by atoms with E-state index in [-0.39, 0.29) is 17.2 Å². The maximum absolute atomic E-state index is 12.7. The number of hydrogen-bond donors (Lipinski definition) is 1. The average molecular weight is 405 g/mol. The predicted octanol–water partition coefficient (Wildman–Crippen LogP) is 2.92. The van der Waals surface area contributed by atoms with E-state index >= 15 is 0 Å². The highest BCUT2D eigenvalue weighted by Gasteiger charge is 2.43. The van der Waals surface area contributed by atoms with E-state index in [0.29, 0.717) is 11.3 Å². The molecule has 1 aliphatic rings. The fraction of sp³-hybridized carbons (Fsp3) is 0.429. The number of amides is 1. The van der Waals surface area contributed by atoms with Crippen molar-refractivity contribution in [1.82, 2.24) is 4.90 Å². The average Bonchev–Trinajstić information content (AvgIpc) is 2.82. The number of thioether (sulfide) groups is 1. The van der Waals surface area contributed by atoms with E-state index < -0.39 is 12.0 Å². The predicted molar refractivity (Wildman–Crippen MR) is 87.8 cm³/mol. The van der Waals surface area contributed by atoms with Crippen LogP contribution in [0.3, 0.4) is 0 Å². The van der Waals surface area contributed by atoms with Crippen molar-refractivity contribution >= 4 is 46.2 Å². The van der Waals surface area contributed by atoms with Gasteiger partial charge in [-0.25, -0.2) is 4.79 Å². The Morgan fingerprint density at radius 1 is 1.45 bits per heavy atom. The Balaban J connectivity index is 2.34. The van der Waals surface area contributed by atoms with Crippen LogP contribution in [0.15, 0.2) is 24.3 Å². The van der Waals surface area contributed by atoms with Crippen molar-refractivity contribution in [1.29, 1.82) is 0 Å². The second-order valence-corrected chi connectivity index (χ2v) is 7.44. The van der Waals surface area contributed by atoms with Crippen LogP contribution < -0.4 is 0 Å². The number of carbonyl (C=O) groups excluding carboxylic acids is 1. The van der Waals surface area contributed by atoms with Crippen molar-refractivity contribution in [2.24, 2.45) is 5.92 Å². The van der Waals surface area contributed by atoms with Crippen molar-refractivity contribution in [2.75, 3.05) is 5.75 Å². The van der Waals surface area contributed by atoms with Crippen LogP contribution in [0.5, 0.6) is 0 Å². The van der Waals surface area contributed by atoms with Gasteiger partial charge in [0.15, 0.2) is 0 Å². The van der Waals surface area contributed by atoms with Gasteiger partial charge in [-0.2, -0.15) is 0 Å². The van der Waals surface area contributed by atoms with Gasteiger partial charge in [0.25, 0.3) is 5.91 Å². The van der Waals surface area contributed by atoms with E-state index in [2.05, 4.69) is 22.6 Å². The van der Waals surface area contributed by atoms with Crippen LogP contribution in [-0.2, 0) is 4.79 Å². The summed E-state index contributed by atoms with van der Waals surface area (Å²) in [7, 11) is 0. The molecule has 0 aliphatic carbocycles. The van der Waals surface area contributed by atoms with E-state index in [1.54, 1.807) is 23.9 Å². The summed E-state index contributed by atoms with van der Waals surface area (Å²) in [6.07, 6.45) is 0. The zero-order valence-corrected chi connectivity index (χ0v) is 14.2. The number of aliphatic carboxylic acids is 1. The van der Waals surface area contributed by atoms with Gasteiger partial charge in [-0.05, 0) is 46.7 Å². The van der Waals surface area contributed by atoms with E-state index in [0.717, 1.165) is 3.57 Å². The molecule has 20 heavy (non-hydrogen) atoms. The fourth-order valence-corrected chi connectivity index (χ4v) is 4.27. The van der Waals surface area contributed by atoms with Crippen molar-refractivity contribution in [2.45, 2.75) is 25.3 Å². The normalized spacial score (nSPS) is 22.3. The lowest BCUT2D eigenvalue weighted by molar-refractivity contribution is -0.141. The Kier molecular flexibility index (Phi) is 4.95. The number of carboxylic acid groups (broad SMARTS) is 1. The monoisotopic (exact) mass is 405 g/mol. The van der Waals surface area contributed by atoms with Gasteiger partial charge in [0.05, 0.1) is 5.37 Å². The van der Waals surface area contributed by atoms with Crippen molar-refractivity contribution in [3.8, 4) is 0 Å². The zero-order valence-electron chi connectivity index (χ0n) is 11.2. The minimum absolute atomic E-state index is 0.0820. The maximum Gasteiger partial charge on any atom is 0.327 e. The Bertz CT molecular complexity index is 535. The van der Waals surface area contributed by atoms with Crippen LogP contribution in [0.1, 0.15) is 24.2 Å². The molecule has 1 fully saturated rings. The fourth-order valence-electron chi connectivity index (χ4n) is 2.26. The Labute approximate surface area is 136 Å². The molecular weight excluding hydrogens is 389 g/mol. The zero-order chi connectivity index (χ0) is 14.9. The van der Waals surface area contributed by atoms with Gasteiger partial charge >= 0.3 is 5.97 Å². The van der Waals surface area contributed by atoms with Crippen LogP contribution >= 0.6 is 34.4 Å². The van der Waals surface area contributed by atoms with Gasteiger partial charge in [-0.15, -0.1) is 11.8 Å². The molecular formula is C14H16INO3S. The number of carbonyl (C=O) groups is 2. The third-order valence-electron chi connectivity index (χ3n) is 3.20. The minimum Gasteiger partial charge on any atom is -0.480 e. The Hall–Kier alpha value is -0.760. The molecule has 108 valence electrons. The van der Waals surface area contributed by atoms with Crippen LogP contribution in [-0.4, -0.2) is 39.1 Å². The molecule has 0 aromatic heterocycles. The van der Waals surface area contributed by atoms with E-state index in [4.69, 9.17) is 0 Å². The molecule has 1 aromatic rings. The molecule has 1 N–H and O–H groups in total. The number of rotatable bonds is 3. The van der Waals surface area contributed by atoms with Crippen LogP contribution in [0, 0.1) is 9.49 Å². The molecule has 1 aliphatic heterocycles. The first kappa shape index (κ1) is 15.6. The molecule has 4 nitrogen and oxygen atoms in total. The molecule has 0 saturated carbocycles. The van der Waals surface area contributed by atoms with Gasteiger partial charge in [0, 0.05) is 14.9 Å². The molecule has 2 unspecified atom stereocenters. The lowest BCUT2D eigenvalue weighted by atomic mass is 10.1. The van der Waals surface area contributed by atoms with Crippen molar-refractivity contribution in [3.05, 3.63) is 33.4 Å². The summed E-state index contributed by atoms with van der Waals surface area (Å²) in [4.78, 5) is 25.6. The summed E-state index contributed by atoms with van der Waals surface area (Å²) >= 11 is 3.69. The molecule has 1 aromatic carbocycles. The summed E-state index contributed by atoms with van der Waals surface area (Å²) in [6, 6.07) is 6.52. The lowest BCUT2D eigenvalue weighted by Crippen LogP contribution is -2.47. The van der Waals surface area contributed by atoms with Crippen LogP contribution in [0.25, 0.3) is 0 Å². The third kappa shape index (κ3) is 3.11. The molecule has 1 heterocycles. The van der Waals surface area contributed by atoms with Gasteiger partial charge in [0.2, 0.25) is 0 Å². The number of hydrogen-bond acceptors (Lipinski definition) is 3. The molecule has 1 saturated heterocycles. The van der Waals surface area contributed by atoms with Gasteiger partial charge in [-0.3, -0.25) is 4.79 Å². The van der Waals surface area contributed by atoms with Crippen molar-refractivity contribution < 1.29 is 14.7 Å². The van der Waals surface area contributed by atoms with Gasteiger partial charge < -0.3 is 10.0 Å². The first-order valence-corrected chi connectivity index (χ1v) is 8.47. The first-order chi connectivity index (χ1) is 9.41. The largest absolute Gasteiger partial charge is 0.480 e. The van der Waals surface area contributed by atoms with Crippen LogP contribution in [0.2, 0.25) is 0 Å². The van der Waals surface area contributed by atoms with E-state index in [1.165, 1.54) is 4.90 Å². The Morgan fingerprint density at radius 3 is 2.70 bits per heavy atom. The number of nitrogens with zero attached hydrogens (tertiary/aromatic N) is 1. The molecule has 6 heteroatoms. The summed E-state index contributed by atoms with van der Waals surface area (Å²) < 4.78 is 0.966. The summed E-state index contributed by atoms with van der Waals surface area (Å²) in [5.41, 5.74) is 0.552. The number of carboxylic acids is 1. The second kappa shape index (κ2) is 6.34. The van der Waals surface area contributed by atoms with Crippen LogP contribution in [0.4, 0.5) is 0 Å². The first-order valence-electron chi connectivity index (χ1n) is 6.34. The quantitative estimate of drug-likeness (QED) is 0.786. The summed E-state index contributed by atoms with van der Waals surface area (Å²) in [5.74, 6) is -0.455. The molecule has 0 bridgehead atoms. The standard InChI is InChI=1S/C14H16INO3S/c1-8(2)13-16(11(7-20-13)14(18)19)12(17)9-4-3-5-10(15)6-9/h3-6,8,11,13H,7H2,1-2H3,(H,18,19). The van der Waals surface area contributed by atoms with E-state index in [1.807, 2.05) is 26.0 Å². The highest BCUT2D eigenvalue weighted by molar-refractivity contribution is 14.1. The molecule has 1 amide bonds. The topological polar surface area (TPSA) is 57.6 Å². The SMILES string of the molecule is CC(C)C1SCC(C(=O)O)N1C(=O)c1cccc(I)c1. The maximum atomic E-state index is 12.7. The van der Waals surface area contributed by atoms with E-state index in [9.17, 15) is 14.7 Å². The highest BCUT2D eigenvalue weighted by Crippen LogP contribution is 2.35. The molecule has 2 rings (SSSR count). The lowest BCUT2D eigenvalue weighted by Gasteiger charge is -2.29. The number of benzene rings is 1. The van der Waals surface area contributed by atoms with Gasteiger partial charge in [-0.1, -0.05) is 19.9 Å². The molecule has 2 atom stereocenters. The molecule has 0 radical (unpaired) electrons. The van der Waals surface area contributed by atoms with Crippen molar-refractivity contribution in [3.63, 3.8) is 0 Å². The Morgan fingerprint density at radius 2 is 2.15 bits per heavy atom. The minimum atomic E-state index is -0.931. The van der Waals surface area contributed by atoms with Gasteiger partial charge in [0.1, 0.15) is 6.04 Å². The highest BCUT2D eigenvalue weighted by atomic mass is 127. The summed E-state index contributed by atoms with van der Waals surface area (Å²) in [5, 5.41) is 9.24. The summed E-state index contributed by atoms with van der Waals surface area (Å²) in [6.45, 7) is 4.02. The number of halogens is 1. The third-order valence-corrected chi connectivity index (χ3v) is 5.49. The smallest absolute Gasteiger partial charge is 0.327 e. The second-order valence-electron chi connectivity index (χ2n) is 5.04.